The average Bonchev–Trinajstić information content (AvgIpc) is 2.63. The second-order valence-electron chi connectivity index (χ2n) is 7.57. The zero-order valence-electron chi connectivity index (χ0n) is 18.4. The van der Waals surface area contributed by atoms with E-state index in [0.717, 1.165) is 27.3 Å². The lowest BCUT2D eigenvalue weighted by atomic mass is 9.96. The Morgan fingerprint density at radius 2 is 1.67 bits per heavy atom. The molecule has 2 rings (SSSR count). The van der Waals surface area contributed by atoms with Crippen molar-refractivity contribution in [1.82, 2.24) is 5.32 Å². The van der Waals surface area contributed by atoms with Crippen LogP contribution >= 0.6 is 11.6 Å². The highest BCUT2D eigenvalue weighted by atomic mass is 35.5. The predicted octanol–water partition coefficient (Wildman–Crippen LogP) is 4.31. The predicted molar refractivity (Wildman–Crippen MR) is 122 cm³/mol. The molecule has 0 aliphatic carbocycles. The topological polar surface area (TPSA) is 75.7 Å². The molecular weight excluding hydrogens is 424 g/mol. The number of hydrogen-bond donors (Lipinski definition) is 1. The normalized spacial score (nSPS) is 13.5. The highest BCUT2D eigenvalue weighted by Gasteiger charge is 2.32. The molecule has 2 aromatic carbocycles. The molecule has 0 aromatic heterocycles. The minimum atomic E-state index is -3.80. The van der Waals surface area contributed by atoms with E-state index in [-0.39, 0.29) is 11.7 Å². The summed E-state index contributed by atoms with van der Waals surface area (Å²) in [5.41, 5.74) is 4.58. The number of rotatable bonds is 7. The quantitative estimate of drug-likeness (QED) is 0.679. The number of halogens is 1. The van der Waals surface area contributed by atoms with Crippen molar-refractivity contribution in [2.24, 2.45) is 0 Å². The van der Waals surface area contributed by atoms with E-state index in [2.05, 4.69) is 17.4 Å². The van der Waals surface area contributed by atoms with E-state index in [4.69, 9.17) is 16.3 Å². The molecule has 2 atom stereocenters. The van der Waals surface area contributed by atoms with Gasteiger partial charge in [0.15, 0.2) is 0 Å². The number of sulfonamides is 1. The minimum Gasteiger partial charge on any atom is -0.495 e. The second-order valence-corrected chi connectivity index (χ2v) is 9.87. The molecule has 0 saturated heterocycles. The van der Waals surface area contributed by atoms with Crippen LogP contribution in [0.4, 0.5) is 5.69 Å². The molecule has 0 aliphatic rings. The number of hydrogen-bond acceptors (Lipinski definition) is 4. The first kappa shape index (κ1) is 24.0. The largest absolute Gasteiger partial charge is 0.495 e. The first-order valence-corrected chi connectivity index (χ1v) is 11.8. The molecule has 1 amide bonds. The summed E-state index contributed by atoms with van der Waals surface area (Å²) in [5.74, 6) is -0.116. The number of nitrogens with zero attached hydrogens (tertiary/aromatic N) is 1. The zero-order chi connectivity index (χ0) is 22.8. The number of ether oxygens (including phenoxy) is 1. The minimum absolute atomic E-state index is 0.213. The lowest BCUT2D eigenvalue weighted by Crippen LogP contribution is -2.48. The number of anilines is 1. The zero-order valence-corrected chi connectivity index (χ0v) is 20.0. The Bertz CT molecular complexity index is 1050. The third-order valence-corrected chi connectivity index (χ3v) is 6.64. The van der Waals surface area contributed by atoms with Crippen LogP contribution in [0.15, 0.2) is 30.3 Å². The summed E-state index contributed by atoms with van der Waals surface area (Å²) in [5, 5.41) is 3.28. The molecule has 30 heavy (non-hydrogen) atoms. The molecule has 0 radical (unpaired) electrons. The van der Waals surface area contributed by atoms with E-state index in [9.17, 15) is 13.2 Å². The van der Waals surface area contributed by atoms with E-state index in [1.807, 2.05) is 27.7 Å². The van der Waals surface area contributed by atoms with Gasteiger partial charge in [0.2, 0.25) is 15.9 Å². The molecular formula is C22H29ClN2O4S. The maximum absolute atomic E-state index is 13.0. The van der Waals surface area contributed by atoms with Crippen molar-refractivity contribution in [3.8, 4) is 5.75 Å². The Morgan fingerprint density at radius 1 is 1.07 bits per heavy atom. The second kappa shape index (κ2) is 9.27. The molecule has 6 nitrogen and oxygen atoms in total. The number of nitrogens with one attached hydrogen (secondary N) is 1. The van der Waals surface area contributed by atoms with Gasteiger partial charge in [-0.1, -0.05) is 23.7 Å². The summed E-state index contributed by atoms with van der Waals surface area (Å²) >= 11 is 6.08. The fraction of sp³-hybridized carbons (Fsp3) is 0.409. The van der Waals surface area contributed by atoms with Gasteiger partial charge in [-0.25, -0.2) is 8.42 Å². The van der Waals surface area contributed by atoms with Crippen LogP contribution in [0.25, 0.3) is 0 Å². The Morgan fingerprint density at radius 3 is 2.23 bits per heavy atom. The Kier molecular flexibility index (Phi) is 7.42. The van der Waals surface area contributed by atoms with Crippen LogP contribution in [0.3, 0.4) is 0 Å². The fourth-order valence-electron chi connectivity index (χ4n) is 3.48. The molecule has 0 fully saturated rings. The van der Waals surface area contributed by atoms with Crippen molar-refractivity contribution in [1.29, 1.82) is 0 Å². The summed E-state index contributed by atoms with van der Waals surface area (Å²) in [6.07, 6.45) is 1.05. The standard InChI is InChI=1S/C22H29ClN2O4S/c1-13-10-15(3)19(11-14(13)2)16(4)24-22(26)17(5)25(30(7,27)28)20-12-18(23)8-9-21(20)29-6/h8-12,16-17H,1-7H3,(H,24,26). The maximum atomic E-state index is 13.0. The Hall–Kier alpha value is -2.25. The van der Waals surface area contributed by atoms with Crippen LogP contribution < -0.4 is 14.4 Å². The number of carbonyl (C=O) groups is 1. The first-order valence-electron chi connectivity index (χ1n) is 9.57. The van der Waals surface area contributed by atoms with Crippen LogP contribution in [-0.4, -0.2) is 33.7 Å². The molecule has 1 N–H and O–H groups in total. The summed E-state index contributed by atoms with van der Waals surface area (Å²) in [4.78, 5) is 13.0. The van der Waals surface area contributed by atoms with Crippen LogP contribution in [0, 0.1) is 20.8 Å². The third-order valence-electron chi connectivity index (χ3n) is 5.17. The number of methoxy groups -OCH3 is 1. The van der Waals surface area contributed by atoms with Crippen molar-refractivity contribution in [3.05, 3.63) is 57.6 Å². The molecule has 8 heteroatoms. The number of amides is 1. The molecule has 0 aliphatic heterocycles. The van der Waals surface area contributed by atoms with Gasteiger partial charge in [-0.3, -0.25) is 9.10 Å². The van der Waals surface area contributed by atoms with Gasteiger partial charge >= 0.3 is 0 Å². The molecule has 2 unspecified atom stereocenters. The average molecular weight is 453 g/mol. The fourth-order valence-corrected chi connectivity index (χ4v) is 4.81. The van der Waals surface area contributed by atoms with Crippen molar-refractivity contribution in [3.63, 3.8) is 0 Å². The van der Waals surface area contributed by atoms with E-state index >= 15 is 0 Å². The van der Waals surface area contributed by atoms with E-state index in [0.29, 0.717) is 10.8 Å². The van der Waals surface area contributed by atoms with Crippen LogP contribution in [0.2, 0.25) is 5.02 Å². The Labute approximate surface area is 184 Å². The first-order chi connectivity index (χ1) is 13.9. The van der Waals surface area contributed by atoms with Gasteiger partial charge in [0.05, 0.1) is 25.1 Å². The van der Waals surface area contributed by atoms with Gasteiger partial charge < -0.3 is 10.1 Å². The lowest BCUT2D eigenvalue weighted by molar-refractivity contribution is -0.122. The number of benzene rings is 2. The number of carbonyl (C=O) groups excluding carboxylic acids is 1. The SMILES string of the molecule is COc1ccc(Cl)cc1N(C(C)C(=O)NC(C)c1cc(C)c(C)cc1C)S(C)(=O)=O. The van der Waals surface area contributed by atoms with Crippen LogP contribution in [0.1, 0.15) is 42.1 Å². The lowest BCUT2D eigenvalue weighted by Gasteiger charge is -2.30. The van der Waals surface area contributed by atoms with Gasteiger partial charge in [-0.15, -0.1) is 0 Å². The molecule has 0 saturated carbocycles. The molecule has 0 spiro atoms. The monoisotopic (exact) mass is 452 g/mol. The van der Waals surface area contributed by atoms with Gasteiger partial charge in [0, 0.05) is 5.02 Å². The van der Waals surface area contributed by atoms with Gasteiger partial charge in [0.1, 0.15) is 11.8 Å². The van der Waals surface area contributed by atoms with Crippen molar-refractivity contribution in [2.45, 2.75) is 46.7 Å². The van der Waals surface area contributed by atoms with Crippen molar-refractivity contribution < 1.29 is 17.9 Å². The molecule has 2 aromatic rings. The highest BCUT2D eigenvalue weighted by molar-refractivity contribution is 7.92. The molecule has 0 bridgehead atoms. The summed E-state index contributed by atoms with van der Waals surface area (Å²) in [6.45, 7) is 9.47. The van der Waals surface area contributed by atoms with Crippen molar-refractivity contribution >= 4 is 33.2 Å². The molecule has 164 valence electrons. The van der Waals surface area contributed by atoms with E-state index in [1.165, 1.54) is 25.7 Å². The van der Waals surface area contributed by atoms with Crippen LogP contribution in [-0.2, 0) is 14.8 Å². The van der Waals surface area contributed by atoms with Gasteiger partial charge in [-0.05, 0) is 75.1 Å². The van der Waals surface area contributed by atoms with Gasteiger partial charge in [0.25, 0.3) is 0 Å². The van der Waals surface area contributed by atoms with Gasteiger partial charge in [-0.2, -0.15) is 0 Å². The van der Waals surface area contributed by atoms with Crippen molar-refractivity contribution in [2.75, 3.05) is 17.7 Å². The van der Waals surface area contributed by atoms with Crippen LogP contribution in [0.5, 0.6) is 5.75 Å². The third kappa shape index (κ3) is 5.26. The highest BCUT2D eigenvalue weighted by Crippen LogP contribution is 2.34. The number of aryl methyl sites for hydroxylation is 3. The maximum Gasteiger partial charge on any atom is 0.244 e. The summed E-state index contributed by atoms with van der Waals surface area (Å²) in [7, 11) is -2.37. The summed E-state index contributed by atoms with van der Waals surface area (Å²) in [6, 6.07) is 7.47. The Balaban J connectivity index is 2.38. The van der Waals surface area contributed by atoms with E-state index in [1.54, 1.807) is 12.1 Å². The smallest absolute Gasteiger partial charge is 0.244 e. The van der Waals surface area contributed by atoms with E-state index < -0.39 is 22.0 Å². The summed E-state index contributed by atoms with van der Waals surface area (Å²) < 4.78 is 31.5. The molecule has 0 heterocycles.